The Morgan fingerprint density at radius 1 is 1.38 bits per heavy atom. The summed E-state index contributed by atoms with van der Waals surface area (Å²) >= 11 is 0. The SMILES string of the molecule is Cc1ccc(OCC(C)NS(N)(=O)=O)cc1. The number of rotatable bonds is 5. The molecule has 0 amide bonds. The van der Waals surface area contributed by atoms with E-state index >= 15 is 0 Å². The van der Waals surface area contributed by atoms with Crippen LogP contribution in [0.15, 0.2) is 24.3 Å². The Kier molecular flexibility index (Phi) is 4.28. The van der Waals surface area contributed by atoms with E-state index in [0.717, 1.165) is 5.56 Å². The van der Waals surface area contributed by atoms with Crippen molar-refractivity contribution < 1.29 is 13.2 Å². The van der Waals surface area contributed by atoms with Crippen LogP contribution in [0.4, 0.5) is 0 Å². The molecule has 16 heavy (non-hydrogen) atoms. The van der Waals surface area contributed by atoms with Gasteiger partial charge in [-0.15, -0.1) is 0 Å². The van der Waals surface area contributed by atoms with E-state index < -0.39 is 10.2 Å². The summed E-state index contributed by atoms with van der Waals surface area (Å²) in [7, 11) is -3.66. The summed E-state index contributed by atoms with van der Waals surface area (Å²) in [6.07, 6.45) is 0. The van der Waals surface area contributed by atoms with Crippen LogP contribution in [0.2, 0.25) is 0 Å². The first-order valence-electron chi connectivity index (χ1n) is 4.86. The summed E-state index contributed by atoms with van der Waals surface area (Å²) in [5.41, 5.74) is 1.14. The molecule has 3 N–H and O–H groups in total. The minimum absolute atomic E-state index is 0.236. The van der Waals surface area contributed by atoms with Crippen molar-refractivity contribution in [3.63, 3.8) is 0 Å². The van der Waals surface area contributed by atoms with Crippen molar-refractivity contribution in [2.24, 2.45) is 5.14 Å². The molecule has 0 aliphatic rings. The molecule has 0 aliphatic heterocycles. The molecule has 0 saturated heterocycles. The van der Waals surface area contributed by atoms with Crippen molar-refractivity contribution in [1.29, 1.82) is 0 Å². The van der Waals surface area contributed by atoms with Crippen LogP contribution in [-0.2, 0) is 10.2 Å². The molecule has 0 saturated carbocycles. The maximum atomic E-state index is 10.7. The maximum Gasteiger partial charge on any atom is 0.274 e. The average Bonchev–Trinajstić information content (AvgIpc) is 2.14. The number of aryl methyl sites for hydroxylation is 1. The highest BCUT2D eigenvalue weighted by molar-refractivity contribution is 7.87. The van der Waals surface area contributed by atoms with Gasteiger partial charge in [-0.05, 0) is 26.0 Å². The molecule has 0 fully saturated rings. The van der Waals surface area contributed by atoms with E-state index in [1.165, 1.54) is 0 Å². The van der Waals surface area contributed by atoms with Crippen molar-refractivity contribution in [2.45, 2.75) is 19.9 Å². The molecule has 90 valence electrons. The molecule has 1 unspecified atom stereocenters. The van der Waals surface area contributed by atoms with E-state index in [1.807, 2.05) is 31.2 Å². The number of nitrogens with one attached hydrogen (secondary N) is 1. The summed E-state index contributed by atoms with van der Waals surface area (Å²) in [5.74, 6) is 0.702. The Balaban J connectivity index is 2.43. The molecule has 1 rings (SSSR count). The third kappa shape index (κ3) is 5.11. The van der Waals surface area contributed by atoms with E-state index in [0.29, 0.717) is 5.75 Å². The number of hydrogen-bond acceptors (Lipinski definition) is 3. The van der Waals surface area contributed by atoms with Crippen LogP contribution in [0, 0.1) is 6.92 Å². The molecule has 6 heteroatoms. The molecular formula is C10H16N2O3S. The van der Waals surface area contributed by atoms with Crippen LogP contribution in [0.25, 0.3) is 0 Å². The van der Waals surface area contributed by atoms with Crippen molar-refractivity contribution in [3.05, 3.63) is 29.8 Å². The predicted molar refractivity (Wildman–Crippen MR) is 62.4 cm³/mol. The van der Waals surface area contributed by atoms with E-state index in [1.54, 1.807) is 6.92 Å². The van der Waals surface area contributed by atoms with Crippen LogP contribution in [0.1, 0.15) is 12.5 Å². The van der Waals surface area contributed by atoms with Gasteiger partial charge in [0.05, 0.1) is 6.04 Å². The lowest BCUT2D eigenvalue weighted by molar-refractivity contribution is 0.287. The first-order chi connectivity index (χ1) is 7.37. The lowest BCUT2D eigenvalue weighted by Gasteiger charge is -2.13. The second kappa shape index (κ2) is 5.29. The monoisotopic (exact) mass is 244 g/mol. The highest BCUT2D eigenvalue weighted by atomic mass is 32.2. The quantitative estimate of drug-likeness (QED) is 0.794. The Morgan fingerprint density at radius 3 is 2.44 bits per heavy atom. The second-order valence-corrected chi connectivity index (χ2v) is 5.01. The molecule has 0 bridgehead atoms. The third-order valence-corrected chi connectivity index (χ3v) is 2.62. The van der Waals surface area contributed by atoms with Crippen LogP contribution in [0.3, 0.4) is 0 Å². The van der Waals surface area contributed by atoms with Gasteiger partial charge < -0.3 is 4.74 Å². The zero-order valence-corrected chi connectivity index (χ0v) is 10.1. The first-order valence-corrected chi connectivity index (χ1v) is 6.41. The molecular weight excluding hydrogens is 228 g/mol. The van der Waals surface area contributed by atoms with Crippen LogP contribution >= 0.6 is 0 Å². The van der Waals surface area contributed by atoms with Gasteiger partial charge in [-0.2, -0.15) is 13.1 Å². The normalized spacial score (nSPS) is 13.4. The minimum Gasteiger partial charge on any atom is -0.492 e. The van der Waals surface area contributed by atoms with Crippen molar-refractivity contribution in [1.82, 2.24) is 4.72 Å². The van der Waals surface area contributed by atoms with E-state index in [2.05, 4.69) is 4.72 Å². The van der Waals surface area contributed by atoms with Crippen molar-refractivity contribution in [2.75, 3.05) is 6.61 Å². The standard InChI is InChI=1S/C10H16N2O3S/c1-8-3-5-10(6-4-8)15-7-9(2)12-16(11,13)14/h3-6,9,12H,7H2,1-2H3,(H2,11,13,14). The maximum absolute atomic E-state index is 10.7. The smallest absolute Gasteiger partial charge is 0.274 e. The number of hydrogen-bond donors (Lipinski definition) is 2. The Labute approximate surface area is 95.8 Å². The molecule has 0 aromatic heterocycles. The number of benzene rings is 1. The average molecular weight is 244 g/mol. The summed E-state index contributed by atoms with van der Waals surface area (Å²) in [5, 5.41) is 4.83. The van der Waals surface area contributed by atoms with E-state index in [9.17, 15) is 8.42 Å². The molecule has 0 aliphatic carbocycles. The van der Waals surface area contributed by atoms with Gasteiger partial charge in [0.15, 0.2) is 0 Å². The van der Waals surface area contributed by atoms with Gasteiger partial charge in [0.2, 0.25) is 0 Å². The highest BCUT2D eigenvalue weighted by Gasteiger charge is 2.09. The van der Waals surface area contributed by atoms with Gasteiger partial charge in [-0.3, -0.25) is 0 Å². The van der Waals surface area contributed by atoms with Gasteiger partial charge in [0.1, 0.15) is 12.4 Å². The largest absolute Gasteiger partial charge is 0.492 e. The van der Waals surface area contributed by atoms with Gasteiger partial charge in [0.25, 0.3) is 10.2 Å². The molecule has 0 spiro atoms. The van der Waals surface area contributed by atoms with E-state index in [-0.39, 0.29) is 12.6 Å². The summed E-state index contributed by atoms with van der Waals surface area (Å²) in [4.78, 5) is 0. The van der Waals surface area contributed by atoms with Gasteiger partial charge in [-0.1, -0.05) is 17.7 Å². The summed E-state index contributed by atoms with van der Waals surface area (Å²) in [6.45, 7) is 3.90. The van der Waals surface area contributed by atoms with Crippen molar-refractivity contribution >= 4 is 10.2 Å². The van der Waals surface area contributed by atoms with Gasteiger partial charge >= 0.3 is 0 Å². The Morgan fingerprint density at radius 2 is 1.94 bits per heavy atom. The molecule has 0 heterocycles. The Bertz CT molecular complexity index is 428. The highest BCUT2D eigenvalue weighted by Crippen LogP contribution is 2.11. The lowest BCUT2D eigenvalue weighted by atomic mass is 10.2. The summed E-state index contributed by atoms with van der Waals surface area (Å²) in [6, 6.07) is 7.15. The molecule has 1 aromatic rings. The van der Waals surface area contributed by atoms with Crippen LogP contribution < -0.4 is 14.6 Å². The van der Waals surface area contributed by atoms with Crippen LogP contribution in [-0.4, -0.2) is 21.1 Å². The third-order valence-electron chi connectivity index (χ3n) is 1.89. The van der Waals surface area contributed by atoms with Gasteiger partial charge in [0, 0.05) is 0 Å². The lowest BCUT2D eigenvalue weighted by Crippen LogP contribution is -2.40. The molecule has 1 aromatic carbocycles. The fraction of sp³-hybridized carbons (Fsp3) is 0.400. The van der Waals surface area contributed by atoms with Crippen molar-refractivity contribution in [3.8, 4) is 5.75 Å². The fourth-order valence-corrected chi connectivity index (χ4v) is 1.80. The number of nitrogens with two attached hydrogens (primary N) is 1. The van der Waals surface area contributed by atoms with E-state index in [4.69, 9.17) is 9.88 Å². The second-order valence-electron chi connectivity index (χ2n) is 3.69. The molecule has 5 nitrogen and oxygen atoms in total. The van der Waals surface area contributed by atoms with Gasteiger partial charge in [-0.25, -0.2) is 5.14 Å². The zero-order valence-electron chi connectivity index (χ0n) is 9.30. The first kappa shape index (κ1) is 13.0. The summed E-state index contributed by atoms with van der Waals surface area (Å²) < 4.78 is 29.0. The number of ether oxygens (including phenoxy) is 1. The van der Waals surface area contributed by atoms with Crippen LogP contribution in [0.5, 0.6) is 5.75 Å². The minimum atomic E-state index is -3.66. The fourth-order valence-electron chi connectivity index (χ4n) is 1.17. The predicted octanol–water partition coefficient (Wildman–Crippen LogP) is 0.555. The molecule has 1 atom stereocenters. The molecule has 0 radical (unpaired) electrons. The zero-order chi connectivity index (χ0) is 12.2. The topological polar surface area (TPSA) is 81.4 Å². The Hall–Kier alpha value is -1.11.